The molecule has 0 amide bonds. The third kappa shape index (κ3) is 7.61. The standard InChI is InChI=1S/C22H35N3O3.HI/c1-3-23-21(25-16-22(26)10-4-5-11-22)24-14-18-9-8-17(2)13-20(18)28-15-19-7-6-12-27-19;/h8-9,13,19,26H,3-7,10-12,14-16H2,1-2H3,(H2,23,24,25);1H. The molecule has 0 radical (unpaired) electrons. The van der Waals surface area contributed by atoms with Crippen molar-refractivity contribution in [3.8, 4) is 5.75 Å². The lowest BCUT2D eigenvalue weighted by Gasteiger charge is -2.24. The highest BCUT2D eigenvalue weighted by molar-refractivity contribution is 14.0. The smallest absolute Gasteiger partial charge is 0.191 e. The van der Waals surface area contributed by atoms with E-state index in [1.807, 2.05) is 6.92 Å². The van der Waals surface area contributed by atoms with Crippen molar-refractivity contribution in [2.24, 2.45) is 4.99 Å². The predicted molar refractivity (Wildman–Crippen MR) is 127 cm³/mol. The van der Waals surface area contributed by atoms with E-state index in [9.17, 15) is 5.11 Å². The van der Waals surface area contributed by atoms with E-state index in [1.165, 1.54) is 5.56 Å². The van der Waals surface area contributed by atoms with Gasteiger partial charge in [-0.1, -0.05) is 25.0 Å². The first-order valence-electron chi connectivity index (χ1n) is 10.7. The Hall–Kier alpha value is -1.06. The third-order valence-electron chi connectivity index (χ3n) is 5.54. The highest BCUT2D eigenvalue weighted by Crippen LogP contribution is 2.28. The Morgan fingerprint density at radius 1 is 1.28 bits per heavy atom. The van der Waals surface area contributed by atoms with Gasteiger partial charge >= 0.3 is 0 Å². The number of nitrogens with zero attached hydrogens (tertiary/aromatic N) is 1. The fourth-order valence-corrected chi connectivity index (χ4v) is 3.85. The van der Waals surface area contributed by atoms with Crippen LogP contribution in [0.2, 0.25) is 0 Å². The number of hydrogen-bond acceptors (Lipinski definition) is 4. The zero-order chi connectivity index (χ0) is 19.8. The van der Waals surface area contributed by atoms with Crippen LogP contribution in [0.25, 0.3) is 0 Å². The van der Waals surface area contributed by atoms with Crippen LogP contribution >= 0.6 is 24.0 Å². The molecule has 2 aliphatic rings. The summed E-state index contributed by atoms with van der Waals surface area (Å²) in [5, 5.41) is 17.1. The average Bonchev–Trinajstić information content (AvgIpc) is 3.35. The number of aryl methyl sites for hydroxylation is 1. The van der Waals surface area contributed by atoms with Crippen LogP contribution in [0.5, 0.6) is 5.75 Å². The molecule has 1 aromatic rings. The maximum absolute atomic E-state index is 10.6. The number of benzene rings is 1. The fourth-order valence-electron chi connectivity index (χ4n) is 3.85. The minimum absolute atomic E-state index is 0. The second-order valence-electron chi connectivity index (χ2n) is 8.04. The van der Waals surface area contributed by atoms with Crippen LogP contribution in [-0.2, 0) is 11.3 Å². The largest absolute Gasteiger partial charge is 0.491 e. The quantitative estimate of drug-likeness (QED) is 0.280. The Balaban J connectivity index is 0.00000300. The maximum Gasteiger partial charge on any atom is 0.191 e. The van der Waals surface area contributed by atoms with E-state index in [2.05, 4.69) is 35.8 Å². The normalized spacial score (nSPS) is 20.9. The van der Waals surface area contributed by atoms with Gasteiger partial charge in [0.25, 0.3) is 0 Å². The van der Waals surface area contributed by atoms with E-state index >= 15 is 0 Å². The van der Waals surface area contributed by atoms with Gasteiger partial charge in [-0.15, -0.1) is 24.0 Å². The summed E-state index contributed by atoms with van der Waals surface area (Å²) in [4.78, 5) is 4.72. The van der Waals surface area contributed by atoms with Gasteiger partial charge in [-0.25, -0.2) is 4.99 Å². The predicted octanol–water partition coefficient (Wildman–Crippen LogP) is 3.53. The van der Waals surface area contributed by atoms with Crippen molar-refractivity contribution in [2.45, 2.75) is 70.6 Å². The van der Waals surface area contributed by atoms with Crippen LogP contribution in [0, 0.1) is 6.92 Å². The zero-order valence-corrected chi connectivity index (χ0v) is 20.0. The highest BCUT2D eigenvalue weighted by atomic mass is 127. The first-order chi connectivity index (χ1) is 13.6. The van der Waals surface area contributed by atoms with Crippen LogP contribution in [-0.4, -0.2) is 49.1 Å². The van der Waals surface area contributed by atoms with Gasteiger partial charge in [-0.2, -0.15) is 0 Å². The van der Waals surface area contributed by atoms with Crippen molar-refractivity contribution >= 4 is 29.9 Å². The summed E-state index contributed by atoms with van der Waals surface area (Å²) in [6.45, 7) is 7.38. The van der Waals surface area contributed by atoms with Gasteiger partial charge in [0, 0.05) is 25.3 Å². The monoisotopic (exact) mass is 517 g/mol. The van der Waals surface area contributed by atoms with Crippen molar-refractivity contribution < 1.29 is 14.6 Å². The van der Waals surface area contributed by atoms with Crippen LogP contribution in [0.1, 0.15) is 56.6 Å². The maximum atomic E-state index is 10.6. The molecule has 7 heteroatoms. The van der Waals surface area contributed by atoms with Crippen LogP contribution in [0.3, 0.4) is 0 Å². The molecule has 6 nitrogen and oxygen atoms in total. The van der Waals surface area contributed by atoms with Crippen molar-refractivity contribution in [3.05, 3.63) is 29.3 Å². The molecule has 2 fully saturated rings. The second kappa shape index (κ2) is 12.0. The summed E-state index contributed by atoms with van der Waals surface area (Å²) in [5.74, 6) is 1.61. The SMILES string of the molecule is CCNC(=NCc1ccc(C)cc1OCC1CCCO1)NCC1(O)CCCC1.I. The summed E-state index contributed by atoms with van der Waals surface area (Å²) in [7, 11) is 0. The Morgan fingerprint density at radius 3 is 2.76 bits per heavy atom. The molecule has 3 N–H and O–H groups in total. The summed E-state index contributed by atoms with van der Waals surface area (Å²) in [5.41, 5.74) is 1.62. The number of ether oxygens (including phenoxy) is 2. The molecule has 1 heterocycles. The average molecular weight is 517 g/mol. The first kappa shape index (κ1) is 24.2. The van der Waals surface area contributed by atoms with E-state index in [0.29, 0.717) is 19.7 Å². The topological polar surface area (TPSA) is 75.1 Å². The first-order valence-corrected chi connectivity index (χ1v) is 10.7. The van der Waals surface area contributed by atoms with Gasteiger partial charge < -0.3 is 25.2 Å². The van der Waals surface area contributed by atoms with Gasteiger partial charge in [0.1, 0.15) is 12.4 Å². The fraction of sp³-hybridized carbons (Fsp3) is 0.682. The molecule has 1 aliphatic heterocycles. The summed E-state index contributed by atoms with van der Waals surface area (Å²) in [6, 6.07) is 6.24. The second-order valence-corrected chi connectivity index (χ2v) is 8.04. The molecule has 1 atom stereocenters. The van der Waals surface area contributed by atoms with Crippen molar-refractivity contribution in [1.82, 2.24) is 10.6 Å². The molecule has 0 aromatic heterocycles. The lowest BCUT2D eigenvalue weighted by Crippen LogP contribution is -2.46. The van der Waals surface area contributed by atoms with E-state index in [1.54, 1.807) is 0 Å². The summed E-state index contributed by atoms with van der Waals surface area (Å²) in [6.07, 6.45) is 6.29. The Morgan fingerprint density at radius 2 is 2.07 bits per heavy atom. The minimum atomic E-state index is -0.602. The lowest BCUT2D eigenvalue weighted by molar-refractivity contribution is 0.0522. The molecule has 1 aromatic carbocycles. The van der Waals surface area contributed by atoms with E-state index in [0.717, 1.165) is 68.9 Å². The molecule has 0 spiro atoms. The summed E-state index contributed by atoms with van der Waals surface area (Å²) < 4.78 is 11.7. The van der Waals surface area contributed by atoms with E-state index in [4.69, 9.17) is 14.5 Å². The molecule has 1 saturated heterocycles. The molecular weight excluding hydrogens is 481 g/mol. The number of aliphatic imine (C=N–C) groups is 1. The van der Waals surface area contributed by atoms with Crippen molar-refractivity contribution in [1.29, 1.82) is 0 Å². The number of halogens is 1. The number of aliphatic hydroxyl groups is 1. The van der Waals surface area contributed by atoms with Crippen molar-refractivity contribution in [2.75, 3.05) is 26.3 Å². The lowest BCUT2D eigenvalue weighted by atomic mass is 10.0. The van der Waals surface area contributed by atoms with E-state index in [-0.39, 0.29) is 30.1 Å². The van der Waals surface area contributed by atoms with E-state index < -0.39 is 5.60 Å². The minimum Gasteiger partial charge on any atom is -0.491 e. The van der Waals surface area contributed by atoms with Gasteiger partial charge in [0.05, 0.1) is 18.2 Å². The zero-order valence-electron chi connectivity index (χ0n) is 17.7. The van der Waals surface area contributed by atoms with Crippen LogP contribution in [0.15, 0.2) is 23.2 Å². The molecule has 0 bridgehead atoms. The molecular formula is C22H36IN3O3. The molecule has 1 aliphatic carbocycles. The number of rotatable bonds is 8. The van der Waals surface area contributed by atoms with Crippen LogP contribution < -0.4 is 15.4 Å². The third-order valence-corrected chi connectivity index (χ3v) is 5.54. The Bertz CT molecular complexity index is 657. The van der Waals surface area contributed by atoms with Crippen LogP contribution in [0.4, 0.5) is 0 Å². The number of nitrogens with one attached hydrogen (secondary N) is 2. The van der Waals surface area contributed by atoms with Crippen molar-refractivity contribution in [3.63, 3.8) is 0 Å². The molecule has 3 rings (SSSR count). The molecule has 164 valence electrons. The Kier molecular flexibility index (Phi) is 9.98. The van der Waals surface area contributed by atoms with Gasteiger partial charge in [0.2, 0.25) is 0 Å². The molecule has 1 unspecified atom stereocenters. The Labute approximate surface area is 191 Å². The molecule has 1 saturated carbocycles. The molecule has 29 heavy (non-hydrogen) atoms. The van der Waals surface area contributed by atoms with Gasteiger partial charge in [0.15, 0.2) is 5.96 Å². The van der Waals surface area contributed by atoms with Gasteiger partial charge in [-0.3, -0.25) is 0 Å². The number of hydrogen-bond donors (Lipinski definition) is 3. The highest BCUT2D eigenvalue weighted by Gasteiger charge is 2.31. The number of guanidine groups is 1. The summed E-state index contributed by atoms with van der Waals surface area (Å²) >= 11 is 0. The van der Waals surface area contributed by atoms with Gasteiger partial charge in [-0.05, 0) is 51.2 Å².